The van der Waals surface area contributed by atoms with Crippen molar-refractivity contribution in [3.8, 4) is 0 Å². The molecule has 0 saturated carbocycles. The summed E-state index contributed by atoms with van der Waals surface area (Å²) in [6.45, 7) is 3.21. The van der Waals surface area contributed by atoms with Crippen molar-refractivity contribution >= 4 is 28.7 Å². The van der Waals surface area contributed by atoms with Crippen LogP contribution in [0.5, 0.6) is 0 Å². The minimum Gasteiger partial charge on any atom is -0.366 e. The summed E-state index contributed by atoms with van der Waals surface area (Å²) in [7, 11) is 0. The molecule has 168 valence electrons. The van der Waals surface area contributed by atoms with Crippen LogP contribution in [0, 0.1) is 0 Å². The fraction of sp³-hybridized carbons (Fsp3) is 0.350. The van der Waals surface area contributed by atoms with E-state index >= 15 is 0 Å². The van der Waals surface area contributed by atoms with Crippen LogP contribution in [0.4, 0.5) is 19.1 Å². The van der Waals surface area contributed by atoms with Crippen LogP contribution in [-0.4, -0.2) is 62.6 Å². The Morgan fingerprint density at radius 2 is 1.75 bits per heavy atom. The van der Waals surface area contributed by atoms with E-state index in [9.17, 15) is 22.8 Å². The Bertz CT molecular complexity index is 1150. The number of amides is 2. The fourth-order valence-electron chi connectivity index (χ4n) is 3.60. The zero-order chi connectivity index (χ0) is 23.0. The second kappa shape index (κ2) is 8.09. The highest BCUT2D eigenvalue weighted by Gasteiger charge is 2.32. The lowest BCUT2D eigenvalue weighted by Gasteiger charge is -2.35. The van der Waals surface area contributed by atoms with Crippen molar-refractivity contribution in [2.75, 3.05) is 31.1 Å². The molecule has 4 rings (SSSR count). The standard InChI is InChI=1S/C20H20F3N7O2/c1-12(30-11-13-3-2-4-15(17(24)31)16(13)27-30)18(32)28-5-7-29(8-6-28)19-25-9-14(10-26-19)20(21,22)23/h2-4,9-12H,5-8H2,1H3,(H2,24,31)/t12-/m1/s1. The molecule has 2 aromatic heterocycles. The summed E-state index contributed by atoms with van der Waals surface area (Å²) in [6.07, 6.45) is -1.29. The first-order chi connectivity index (χ1) is 15.1. The summed E-state index contributed by atoms with van der Waals surface area (Å²) in [5.74, 6) is -0.566. The van der Waals surface area contributed by atoms with Crippen LogP contribution in [0.1, 0.15) is 28.9 Å². The third kappa shape index (κ3) is 4.07. The van der Waals surface area contributed by atoms with E-state index in [2.05, 4.69) is 15.1 Å². The molecule has 0 unspecified atom stereocenters. The van der Waals surface area contributed by atoms with Crippen LogP contribution in [-0.2, 0) is 11.0 Å². The average Bonchev–Trinajstić information content (AvgIpc) is 3.22. The van der Waals surface area contributed by atoms with E-state index in [1.54, 1.807) is 41.1 Å². The number of hydrogen-bond donors (Lipinski definition) is 1. The smallest absolute Gasteiger partial charge is 0.366 e. The van der Waals surface area contributed by atoms with Crippen LogP contribution in [0.3, 0.4) is 0 Å². The van der Waals surface area contributed by atoms with Gasteiger partial charge >= 0.3 is 6.18 Å². The summed E-state index contributed by atoms with van der Waals surface area (Å²) in [4.78, 5) is 35.6. The first kappa shape index (κ1) is 21.5. The van der Waals surface area contributed by atoms with Crippen molar-refractivity contribution in [3.63, 3.8) is 0 Å². The van der Waals surface area contributed by atoms with E-state index in [1.165, 1.54) is 4.68 Å². The number of benzene rings is 1. The first-order valence-corrected chi connectivity index (χ1v) is 9.86. The number of piperazine rings is 1. The van der Waals surface area contributed by atoms with Gasteiger partial charge in [0.2, 0.25) is 11.9 Å². The molecule has 12 heteroatoms. The summed E-state index contributed by atoms with van der Waals surface area (Å²) in [5.41, 5.74) is 5.21. The Morgan fingerprint density at radius 1 is 1.09 bits per heavy atom. The van der Waals surface area contributed by atoms with Crippen molar-refractivity contribution < 1.29 is 22.8 Å². The maximum atomic E-state index is 13.0. The Hall–Kier alpha value is -3.70. The van der Waals surface area contributed by atoms with E-state index in [4.69, 9.17) is 5.73 Å². The van der Waals surface area contributed by atoms with Crippen LogP contribution in [0.25, 0.3) is 10.9 Å². The number of carbonyl (C=O) groups excluding carboxylic acids is 2. The molecular weight excluding hydrogens is 427 g/mol. The number of nitrogens with zero attached hydrogens (tertiary/aromatic N) is 6. The molecular formula is C20H20F3N7O2. The van der Waals surface area contributed by atoms with E-state index in [0.717, 1.165) is 12.4 Å². The number of carbonyl (C=O) groups is 2. The summed E-state index contributed by atoms with van der Waals surface area (Å²) >= 11 is 0. The van der Waals surface area contributed by atoms with Crippen molar-refractivity contribution in [1.82, 2.24) is 24.6 Å². The van der Waals surface area contributed by atoms with Crippen LogP contribution in [0.15, 0.2) is 36.8 Å². The summed E-state index contributed by atoms with van der Waals surface area (Å²) in [6, 6.07) is 4.45. The molecule has 2 N–H and O–H groups in total. The monoisotopic (exact) mass is 447 g/mol. The number of primary amides is 1. The molecule has 0 spiro atoms. The van der Waals surface area contributed by atoms with Gasteiger partial charge in [-0.2, -0.15) is 18.3 Å². The number of hydrogen-bond acceptors (Lipinski definition) is 6. The molecule has 0 bridgehead atoms. The molecule has 1 saturated heterocycles. The van der Waals surface area contributed by atoms with Gasteiger partial charge in [-0.1, -0.05) is 12.1 Å². The average molecular weight is 447 g/mol. The lowest BCUT2D eigenvalue weighted by molar-refractivity contribution is -0.138. The highest BCUT2D eigenvalue weighted by atomic mass is 19.4. The number of aromatic nitrogens is 4. The van der Waals surface area contributed by atoms with Gasteiger partial charge in [0.25, 0.3) is 5.91 Å². The maximum Gasteiger partial charge on any atom is 0.419 e. The van der Waals surface area contributed by atoms with Gasteiger partial charge in [-0.15, -0.1) is 0 Å². The quantitative estimate of drug-likeness (QED) is 0.654. The minimum absolute atomic E-state index is 0.161. The molecule has 32 heavy (non-hydrogen) atoms. The van der Waals surface area contributed by atoms with E-state index < -0.39 is 23.7 Å². The molecule has 3 aromatic rings. The van der Waals surface area contributed by atoms with Crippen molar-refractivity contribution in [2.24, 2.45) is 5.73 Å². The predicted octanol–water partition coefficient (Wildman–Crippen LogP) is 1.85. The van der Waals surface area contributed by atoms with Gasteiger partial charge in [-0.25, -0.2) is 9.97 Å². The zero-order valence-corrected chi connectivity index (χ0v) is 17.1. The van der Waals surface area contributed by atoms with Gasteiger partial charge in [0, 0.05) is 50.2 Å². The first-order valence-electron chi connectivity index (χ1n) is 9.86. The number of anilines is 1. The Kier molecular flexibility index (Phi) is 5.45. The topological polar surface area (TPSA) is 110 Å². The van der Waals surface area contributed by atoms with Crippen molar-refractivity contribution in [2.45, 2.75) is 19.1 Å². The molecule has 2 amide bonds. The van der Waals surface area contributed by atoms with Crippen LogP contribution < -0.4 is 10.6 Å². The molecule has 0 aliphatic carbocycles. The molecule has 9 nitrogen and oxygen atoms in total. The fourth-order valence-corrected chi connectivity index (χ4v) is 3.60. The molecule has 1 aliphatic rings. The van der Waals surface area contributed by atoms with Crippen LogP contribution in [0.2, 0.25) is 0 Å². The van der Waals surface area contributed by atoms with Gasteiger partial charge < -0.3 is 15.5 Å². The molecule has 3 heterocycles. The normalized spacial score (nSPS) is 15.8. The molecule has 1 fully saturated rings. The Morgan fingerprint density at radius 3 is 2.34 bits per heavy atom. The number of alkyl halides is 3. The van der Waals surface area contributed by atoms with Gasteiger partial charge in [0.1, 0.15) is 11.6 Å². The van der Waals surface area contributed by atoms with Gasteiger partial charge in [-0.05, 0) is 13.0 Å². The summed E-state index contributed by atoms with van der Waals surface area (Å²) in [5, 5.41) is 5.09. The van der Waals surface area contributed by atoms with Crippen LogP contribution >= 0.6 is 0 Å². The van der Waals surface area contributed by atoms with Gasteiger partial charge in [-0.3, -0.25) is 14.3 Å². The summed E-state index contributed by atoms with van der Waals surface area (Å²) < 4.78 is 39.5. The Balaban J connectivity index is 1.42. The highest BCUT2D eigenvalue weighted by molar-refractivity contribution is 6.04. The number of rotatable bonds is 4. The van der Waals surface area contributed by atoms with E-state index in [0.29, 0.717) is 37.1 Å². The van der Waals surface area contributed by atoms with E-state index in [1.807, 2.05) is 0 Å². The largest absolute Gasteiger partial charge is 0.419 e. The lowest BCUT2D eigenvalue weighted by atomic mass is 10.1. The molecule has 1 atom stereocenters. The van der Waals surface area contributed by atoms with Gasteiger partial charge in [0.05, 0.1) is 11.1 Å². The Labute approximate surface area is 180 Å². The second-order valence-electron chi connectivity index (χ2n) is 7.47. The highest BCUT2D eigenvalue weighted by Crippen LogP contribution is 2.28. The predicted molar refractivity (Wildman–Crippen MR) is 109 cm³/mol. The minimum atomic E-state index is -4.49. The third-order valence-electron chi connectivity index (χ3n) is 5.41. The lowest BCUT2D eigenvalue weighted by Crippen LogP contribution is -2.50. The maximum absolute atomic E-state index is 13.0. The zero-order valence-electron chi connectivity index (χ0n) is 17.1. The number of halogens is 3. The molecule has 1 aromatic carbocycles. The molecule has 1 aliphatic heterocycles. The molecule has 0 radical (unpaired) electrons. The van der Waals surface area contributed by atoms with E-state index in [-0.39, 0.29) is 17.4 Å². The van der Waals surface area contributed by atoms with Crippen molar-refractivity contribution in [1.29, 1.82) is 0 Å². The second-order valence-corrected chi connectivity index (χ2v) is 7.47. The number of fused-ring (bicyclic) bond motifs is 1. The third-order valence-corrected chi connectivity index (χ3v) is 5.41. The number of nitrogens with two attached hydrogens (primary N) is 1. The van der Waals surface area contributed by atoms with Crippen molar-refractivity contribution in [3.05, 3.63) is 47.9 Å². The SMILES string of the molecule is C[C@H](C(=O)N1CCN(c2ncc(C(F)(F)F)cn2)CC1)n1cc2cccc(C(N)=O)c2n1. The van der Waals surface area contributed by atoms with Gasteiger partial charge in [0.15, 0.2) is 0 Å².